The number of amides is 3. The van der Waals surface area contributed by atoms with Gasteiger partial charge in [-0.05, 0) is 19.8 Å². The van der Waals surface area contributed by atoms with Crippen molar-refractivity contribution >= 4 is 34.9 Å². The van der Waals surface area contributed by atoms with Crippen molar-refractivity contribution in [2.24, 2.45) is 11.7 Å². The third kappa shape index (κ3) is 4.31. The fraction of sp³-hybridized carbons (Fsp3) is 0.615. The van der Waals surface area contributed by atoms with Crippen molar-refractivity contribution in [3.63, 3.8) is 0 Å². The average molecular weight is 331 g/mol. The highest BCUT2D eigenvalue weighted by atomic mass is 35.5. The van der Waals surface area contributed by atoms with Crippen LogP contribution in [0.15, 0.2) is 0 Å². The second-order valence-electron chi connectivity index (χ2n) is 5.13. The normalized spacial score (nSPS) is 18.6. The van der Waals surface area contributed by atoms with Crippen LogP contribution in [0.5, 0.6) is 0 Å². The molecule has 116 valence electrons. The zero-order chi connectivity index (χ0) is 15.4. The van der Waals surface area contributed by atoms with Crippen molar-refractivity contribution in [3.05, 3.63) is 15.0 Å². The van der Waals surface area contributed by atoms with E-state index in [1.165, 1.54) is 16.2 Å². The Hall–Kier alpha value is -1.34. The molecule has 1 aromatic rings. The fourth-order valence-electron chi connectivity index (χ4n) is 2.37. The molecule has 1 saturated heterocycles. The van der Waals surface area contributed by atoms with Gasteiger partial charge in [-0.3, -0.25) is 4.79 Å². The van der Waals surface area contributed by atoms with Gasteiger partial charge in [0.1, 0.15) is 4.34 Å². The van der Waals surface area contributed by atoms with Gasteiger partial charge < -0.3 is 16.0 Å². The minimum atomic E-state index is -0.458. The summed E-state index contributed by atoms with van der Waals surface area (Å²) in [5.41, 5.74) is 6.08. The molecular weight excluding hydrogens is 312 g/mol. The van der Waals surface area contributed by atoms with Crippen LogP contribution in [0, 0.1) is 12.8 Å². The predicted molar refractivity (Wildman–Crippen MR) is 82.5 cm³/mol. The van der Waals surface area contributed by atoms with Gasteiger partial charge in [-0.2, -0.15) is 0 Å². The summed E-state index contributed by atoms with van der Waals surface area (Å²) in [6.07, 6.45) is 2.26. The van der Waals surface area contributed by atoms with Gasteiger partial charge in [-0.25, -0.2) is 9.78 Å². The summed E-state index contributed by atoms with van der Waals surface area (Å²) in [6.45, 7) is 3.43. The molecule has 1 aliphatic rings. The smallest absolute Gasteiger partial charge is 0.314 e. The summed E-state index contributed by atoms with van der Waals surface area (Å²) in [6, 6.07) is -0.458. The van der Waals surface area contributed by atoms with Crippen LogP contribution >= 0.6 is 22.9 Å². The number of carbonyl (C=O) groups excluding carboxylic acids is 2. The lowest BCUT2D eigenvalue weighted by Crippen LogP contribution is -2.47. The number of thiazole rings is 1. The summed E-state index contributed by atoms with van der Waals surface area (Å²) in [7, 11) is 0. The topological polar surface area (TPSA) is 88.3 Å². The Morgan fingerprint density at radius 3 is 2.95 bits per heavy atom. The molecule has 1 aromatic heterocycles. The lowest BCUT2D eigenvalue weighted by molar-refractivity contribution is -0.126. The number of aryl methyl sites for hydroxylation is 1. The Balaban J connectivity index is 1.77. The molecule has 0 bridgehead atoms. The van der Waals surface area contributed by atoms with E-state index in [1.807, 2.05) is 6.92 Å². The van der Waals surface area contributed by atoms with Crippen LogP contribution in [-0.2, 0) is 11.2 Å². The maximum absolute atomic E-state index is 12.1. The summed E-state index contributed by atoms with van der Waals surface area (Å²) >= 11 is 7.40. The summed E-state index contributed by atoms with van der Waals surface area (Å²) in [5.74, 6) is -0.201. The van der Waals surface area contributed by atoms with Crippen LogP contribution < -0.4 is 11.1 Å². The number of piperidine rings is 1. The van der Waals surface area contributed by atoms with E-state index in [0.29, 0.717) is 30.4 Å². The van der Waals surface area contributed by atoms with Crippen molar-refractivity contribution < 1.29 is 9.59 Å². The number of rotatable bonds is 4. The van der Waals surface area contributed by atoms with E-state index < -0.39 is 6.03 Å². The molecule has 2 heterocycles. The predicted octanol–water partition coefficient (Wildman–Crippen LogP) is 1.55. The summed E-state index contributed by atoms with van der Waals surface area (Å²) in [5, 5.41) is 3.81. The zero-order valence-corrected chi connectivity index (χ0v) is 13.5. The number of primary amides is 1. The summed E-state index contributed by atoms with van der Waals surface area (Å²) < 4.78 is 0.695. The molecule has 3 N–H and O–H groups in total. The number of nitrogens with two attached hydrogens (primary N) is 1. The van der Waals surface area contributed by atoms with E-state index in [1.54, 1.807) is 0 Å². The molecule has 8 heteroatoms. The molecule has 0 aliphatic carbocycles. The van der Waals surface area contributed by atoms with E-state index in [2.05, 4.69) is 10.3 Å². The Labute approximate surface area is 132 Å². The monoisotopic (exact) mass is 330 g/mol. The van der Waals surface area contributed by atoms with E-state index in [-0.39, 0.29) is 11.8 Å². The molecule has 0 aromatic carbocycles. The Bertz CT molecular complexity index is 515. The van der Waals surface area contributed by atoms with Gasteiger partial charge in [0.15, 0.2) is 0 Å². The van der Waals surface area contributed by atoms with E-state index in [0.717, 1.165) is 23.5 Å². The minimum absolute atomic E-state index is 0.0275. The molecule has 6 nitrogen and oxygen atoms in total. The van der Waals surface area contributed by atoms with Gasteiger partial charge in [0.05, 0.1) is 16.6 Å². The number of carbonyl (C=O) groups is 2. The van der Waals surface area contributed by atoms with Gasteiger partial charge in [-0.1, -0.05) is 11.6 Å². The Morgan fingerprint density at radius 1 is 1.57 bits per heavy atom. The SMILES string of the molecule is Cc1nc(CCNC(=O)[C@@H]2CCCN(C(N)=O)C2)sc1Cl. The lowest BCUT2D eigenvalue weighted by Gasteiger charge is -2.30. The lowest BCUT2D eigenvalue weighted by atomic mass is 9.97. The third-order valence-electron chi connectivity index (χ3n) is 3.53. The fourth-order valence-corrected chi connectivity index (χ4v) is 3.46. The van der Waals surface area contributed by atoms with Crippen LogP contribution in [0.1, 0.15) is 23.5 Å². The molecule has 0 radical (unpaired) electrons. The first-order valence-electron chi connectivity index (χ1n) is 6.91. The molecule has 0 spiro atoms. The van der Waals surface area contributed by atoms with Crippen LogP contribution in [0.4, 0.5) is 4.79 Å². The highest BCUT2D eigenvalue weighted by Gasteiger charge is 2.27. The van der Waals surface area contributed by atoms with Crippen LogP contribution in [0.25, 0.3) is 0 Å². The molecule has 0 saturated carbocycles. The molecular formula is C13H19ClN4O2S. The standard InChI is InChI=1S/C13H19ClN4O2S/c1-8-11(14)21-10(17-8)4-5-16-12(19)9-3-2-6-18(7-9)13(15)20/h9H,2-7H2,1H3,(H2,15,20)(H,16,19)/t9-/m1/s1. The largest absolute Gasteiger partial charge is 0.355 e. The van der Waals surface area contributed by atoms with Crippen molar-refractivity contribution in [1.29, 1.82) is 0 Å². The molecule has 1 aliphatic heterocycles. The third-order valence-corrected chi connectivity index (χ3v) is 5.04. The van der Waals surface area contributed by atoms with E-state index >= 15 is 0 Å². The maximum Gasteiger partial charge on any atom is 0.314 e. The summed E-state index contributed by atoms with van der Waals surface area (Å²) in [4.78, 5) is 29.1. The molecule has 3 amide bonds. The van der Waals surface area contributed by atoms with Gasteiger partial charge in [0, 0.05) is 26.1 Å². The van der Waals surface area contributed by atoms with Crippen molar-refractivity contribution in [1.82, 2.24) is 15.2 Å². The number of likely N-dealkylation sites (tertiary alicyclic amines) is 1. The van der Waals surface area contributed by atoms with Crippen LogP contribution in [0.3, 0.4) is 0 Å². The molecule has 1 fully saturated rings. The first-order valence-corrected chi connectivity index (χ1v) is 8.10. The van der Waals surface area contributed by atoms with Crippen LogP contribution in [-0.4, -0.2) is 41.5 Å². The van der Waals surface area contributed by atoms with Gasteiger partial charge in [0.2, 0.25) is 5.91 Å². The molecule has 21 heavy (non-hydrogen) atoms. The Morgan fingerprint density at radius 2 is 2.33 bits per heavy atom. The molecule has 2 rings (SSSR count). The van der Waals surface area contributed by atoms with Crippen LogP contribution in [0.2, 0.25) is 4.34 Å². The number of aromatic nitrogens is 1. The number of halogens is 1. The average Bonchev–Trinajstić information content (AvgIpc) is 2.77. The number of nitrogens with one attached hydrogen (secondary N) is 1. The number of urea groups is 1. The van der Waals surface area contributed by atoms with Crippen molar-refractivity contribution in [2.75, 3.05) is 19.6 Å². The van der Waals surface area contributed by atoms with Gasteiger partial charge in [0.25, 0.3) is 0 Å². The maximum atomic E-state index is 12.1. The highest BCUT2D eigenvalue weighted by Crippen LogP contribution is 2.23. The van der Waals surface area contributed by atoms with Crippen molar-refractivity contribution in [3.8, 4) is 0 Å². The second kappa shape index (κ2) is 7.09. The first kappa shape index (κ1) is 16.0. The Kier molecular flexibility index (Phi) is 5.41. The number of hydrogen-bond acceptors (Lipinski definition) is 4. The van der Waals surface area contributed by atoms with Gasteiger partial charge >= 0.3 is 6.03 Å². The minimum Gasteiger partial charge on any atom is -0.355 e. The quantitative estimate of drug-likeness (QED) is 0.878. The van der Waals surface area contributed by atoms with Crippen molar-refractivity contribution in [2.45, 2.75) is 26.2 Å². The first-order chi connectivity index (χ1) is 9.97. The number of nitrogens with zero attached hydrogens (tertiary/aromatic N) is 2. The zero-order valence-electron chi connectivity index (χ0n) is 11.9. The van der Waals surface area contributed by atoms with E-state index in [9.17, 15) is 9.59 Å². The van der Waals surface area contributed by atoms with E-state index in [4.69, 9.17) is 17.3 Å². The second-order valence-corrected chi connectivity index (χ2v) is 6.82. The molecule has 0 unspecified atom stereocenters. The van der Waals surface area contributed by atoms with Gasteiger partial charge in [-0.15, -0.1) is 11.3 Å². The highest BCUT2D eigenvalue weighted by molar-refractivity contribution is 7.16. The molecule has 1 atom stereocenters. The number of hydrogen-bond donors (Lipinski definition) is 2.